The summed E-state index contributed by atoms with van der Waals surface area (Å²) in [5, 5.41) is 0. The molecule has 1 unspecified atom stereocenters. The summed E-state index contributed by atoms with van der Waals surface area (Å²) in [5.74, 6) is 1.67. The molecule has 0 N–H and O–H groups in total. The lowest BCUT2D eigenvalue weighted by molar-refractivity contribution is 0.125. The predicted octanol–water partition coefficient (Wildman–Crippen LogP) is 6.21. The molecular weight excluding hydrogens is 339 g/mol. The van der Waals surface area contributed by atoms with Crippen LogP contribution in [0.2, 0.25) is 0 Å². The normalized spacial score (nSPS) is 21.1. The van der Waals surface area contributed by atoms with Gasteiger partial charge in [0.05, 0.1) is 0 Å². The molecule has 27 heavy (non-hydrogen) atoms. The smallest absolute Gasteiger partial charge is 0.161 e. The lowest BCUT2D eigenvalue weighted by Gasteiger charge is -2.28. The van der Waals surface area contributed by atoms with Crippen molar-refractivity contribution in [2.24, 2.45) is 5.92 Å². The van der Waals surface area contributed by atoms with Gasteiger partial charge in [-0.1, -0.05) is 50.8 Å². The highest BCUT2D eigenvalue weighted by Crippen LogP contribution is 2.37. The van der Waals surface area contributed by atoms with E-state index in [0.29, 0.717) is 17.3 Å². The molecule has 1 heterocycles. The molecule has 1 atom stereocenters. The van der Waals surface area contributed by atoms with Gasteiger partial charge in [0.15, 0.2) is 5.82 Å². The summed E-state index contributed by atoms with van der Waals surface area (Å²) in [6.07, 6.45) is 13.7. The first-order valence-electron chi connectivity index (χ1n) is 10.3. The SMILES string of the molecule is CCCCCC1CCC(c2cnc(C(OC)c3ccccc3F)nc2)CC1. The molecule has 1 aliphatic carbocycles. The van der Waals surface area contributed by atoms with E-state index in [1.54, 1.807) is 25.3 Å². The minimum atomic E-state index is -0.574. The molecule has 0 bridgehead atoms. The third-order valence-electron chi connectivity index (χ3n) is 5.88. The fourth-order valence-electron chi connectivity index (χ4n) is 4.22. The number of methoxy groups -OCH3 is 1. The van der Waals surface area contributed by atoms with Crippen LogP contribution in [-0.4, -0.2) is 17.1 Å². The van der Waals surface area contributed by atoms with Crippen LogP contribution in [0.25, 0.3) is 0 Å². The number of aromatic nitrogens is 2. The van der Waals surface area contributed by atoms with E-state index in [1.165, 1.54) is 63.0 Å². The van der Waals surface area contributed by atoms with Gasteiger partial charge in [-0.3, -0.25) is 0 Å². The molecule has 0 saturated heterocycles. The Morgan fingerprint density at radius 1 is 1.07 bits per heavy atom. The summed E-state index contributed by atoms with van der Waals surface area (Å²) >= 11 is 0. The number of rotatable bonds is 8. The van der Waals surface area contributed by atoms with Gasteiger partial charge in [-0.2, -0.15) is 0 Å². The topological polar surface area (TPSA) is 35.0 Å². The zero-order valence-electron chi connectivity index (χ0n) is 16.5. The molecule has 0 spiro atoms. The van der Waals surface area contributed by atoms with Gasteiger partial charge in [0, 0.05) is 25.1 Å². The average Bonchev–Trinajstić information content (AvgIpc) is 2.71. The van der Waals surface area contributed by atoms with E-state index < -0.39 is 6.10 Å². The second-order valence-electron chi connectivity index (χ2n) is 7.73. The second kappa shape index (κ2) is 9.93. The van der Waals surface area contributed by atoms with Crippen LogP contribution in [0, 0.1) is 11.7 Å². The quantitative estimate of drug-likeness (QED) is 0.518. The number of ether oxygens (including phenoxy) is 1. The standard InChI is InChI=1S/C23H31FN2O/c1-3-4-5-8-17-11-13-18(14-12-17)19-15-25-23(26-16-19)22(27-2)20-9-6-7-10-21(20)24/h6-7,9-10,15-18,22H,3-5,8,11-14H2,1-2H3. The van der Waals surface area contributed by atoms with Gasteiger partial charge in [0.25, 0.3) is 0 Å². The highest BCUT2D eigenvalue weighted by molar-refractivity contribution is 5.25. The summed E-state index contributed by atoms with van der Waals surface area (Å²) in [5.41, 5.74) is 1.68. The molecule has 1 saturated carbocycles. The first-order chi connectivity index (χ1) is 13.2. The Morgan fingerprint density at radius 3 is 2.41 bits per heavy atom. The molecule has 146 valence electrons. The Balaban J connectivity index is 1.61. The van der Waals surface area contributed by atoms with Crippen molar-refractivity contribution in [2.45, 2.75) is 70.3 Å². The largest absolute Gasteiger partial charge is 0.369 e. The maximum Gasteiger partial charge on any atom is 0.161 e. The minimum absolute atomic E-state index is 0.293. The third kappa shape index (κ3) is 5.13. The molecule has 3 rings (SSSR count). The van der Waals surface area contributed by atoms with Crippen LogP contribution in [0.1, 0.15) is 87.3 Å². The summed E-state index contributed by atoms with van der Waals surface area (Å²) in [7, 11) is 1.56. The van der Waals surface area contributed by atoms with Gasteiger partial charge in [0.2, 0.25) is 0 Å². The van der Waals surface area contributed by atoms with Gasteiger partial charge in [0.1, 0.15) is 11.9 Å². The fraction of sp³-hybridized carbons (Fsp3) is 0.565. The molecule has 0 amide bonds. The summed E-state index contributed by atoms with van der Waals surface area (Å²) in [6, 6.07) is 6.64. The Labute approximate surface area is 162 Å². The maximum absolute atomic E-state index is 14.1. The van der Waals surface area contributed by atoms with Gasteiger partial charge < -0.3 is 4.74 Å². The molecule has 1 fully saturated rings. The van der Waals surface area contributed by atoms with Crippen molar-refractivity contribution in [2.75, 3.05) is 7.11 Å². The van der Waals surface area contributed by atoms with Crippen molar-refractivity contribution in [1.82, 2.24) is 9.97 Å². The molecule has 2 aromatic rings. The van der Waals surface area contributed by atoms with Gasteiger partial charge >= 0.3 is 0 Å². The molecular formula is C23H31FN2O. The van der Waals surface area contributed by atoms with E-state index >= 15 is 0 Å². The van der Waals surface area contributed by atoms with E-state index in [1.807, 2.05) is 12.4 Å². The van der Waals surface area contributed by atoms with Crippen LogP contribution in [0.5, 0.6) is 0 Å². The molecule has 4 heteroatoms. The van der Waals surface area contributed by atoms with E-state index in [-0.39, 0.29) is 5.82 Å². The van der Waals surface area contributed by atoms with Gasteiger partial charge in [-0.25, -0.2) is 14.4 Å². The first kappa shape index (κ1) is 19.9. The van der Waals surface area contributed by atoms with E-state index in [4.69, 9.17) is 4.74 Å². The number of halogens is 1. The van der Waals surface area contributed by atoms with Crippen molar-refractivity contribution < 1.29 is 9.13 Å². The molecule has 1 aromatic heterocycles. The van der Waals surface area contributed by atoms with Crippen LogP contribution < -0.4 is 0 Å². The van der Waals surface area contributed by atoms with Crippen molar-refractivity contribution in [3.63, 3.8) is 0 Å². The van der Waals surface area contributed by atoms with Crippen LogP contribution in [0.3, 0.4) is 0 Å². The Morgan fingerprint density at radius 2 is 1.78 bits per heavy atom. The molecule has 3 nitrogen and oxygen atoms in total. The van der Waals surface area contributed by atoms with Crippen LogP contribution in [-0.2, 0) is 4.74 Å². The average molecular weight is 371 g/mol. The highest BCUT2D eigenvalue weighted by atomic mass is 19.1. The Bertz CT molecular complexity index is 696. The minimum Gasteiger partial charge on any atom is -0.369 e. The number of nitrogens with zero attached hydrogens (tertiary/aromatic N) is 2. The van der Waals surface area contributed by atoms with Crippen molar-refractivity contribution in [1.29, 1.82) is 0 Å². The Kier molecular flexibility index (Phi) is 7.33. The van der Waals surface area contributed by atoms with Gasteiger partial charge in [-0.05, 0) is 49.1 Å². The lowest BCUT2D eigenvalue weighted by Crippen LogP contribution is -2.15. The monoisotopic (exact) mass is 370 g/mol. The van der Waals surface area contributed by atoms with E-state index in [9.17, 15) is 4.39 Å². The first-order valence-corrected chi connectivity index (χ1v) is 10.3. The molecule has 0 radical (unpaired) electrons. The van der Waals surface area contributed by atoms with Crippen molar-refractivity contribution >= 4 is 0 Å². The number of hydrogen-bond acceptors (Lipinski definition) is 3. The van der Waals surface area contributed by atoms with Crippen molar-refractivity contribution in [3.8, 4) is 0 Å². The molecule has 1 aromatic carbocycles. The number of benzene rings is 1. The van der Waals surface area contributed by atoms with E-state index in [2.05, 4.69) is 16.9 Å². The number of hydrogen-bond donors (Lipinski definition) is 0. The number of unbranched alkanes of at least 4 members (excludes halogenated alkanes) is 2. The summed E-state index contributed by atoms with van der Waals surface area (Å²) in [6.45, 7) is 2.26. The van der Waals surface area contributed by atoms with Crippen LogP contribution in [0.15, 0.2) is 36.7 Å². The zero-order chi connectivity index (χ0) is 19.1. The van der Waals surface area contributed by atoms with Gasteiger partial charge in [-0.15, -0.1) is 0 Å². The summed E-state index contributed by atoms with van der Waals surface area (Å²) in [4.78, 5) is 9.04. The highest BCUT2D eigenvalue weighted by Gasteiger charge is 2.24. The molecule has 1 aliphatic rings. The lowest BCUT2D eigenvalue weighted by atomic mass is 9.77. The predicted molar refractivity (Wildman–Crippen MR) is 106 cm³/mol. The second-order valence-corrected chi connectivity index (χ2v) is 7.73. The maximum atomic E-state index is 14.1. The summed E-state index contributed by atoms with van der Waals surface area (Å²) < 4.78 is 19.6. The van der Waals surface area contributed by atoms with Crippen molar-refractivity contribution in [3.05, 3.63) is 59.4 Å². The Hall–Kier alpha value is -1.81. The zero-order valence-corrected chi connectivity index (χ0v) is 16.5. The van der Waals surface area contributed by atoms with Crippen LogP contribution in [0.4, 0.5) is 4.39 Å². The van der Waals surface area contributed by atoms with Crippen LogP contribution >= 0.6 is 0 Å². The molecule has 0 aliphatic heterocycles. The van der Waals surface area contributed by atoms with E-state index in [0.717, 1.165) is 5.92 Å². The third-order valence-corrected chi connectivity index (χ3v) is 5.88. The fourth-order valence-corrected chi connectivity index (χ4v) is 4.22.